The van der Waals surface area contributed by atoms with E-state index in [9.17, 15) is 9.59 Å². The molecular formula is C25H25ClN4O2S. The molecule has 0 bridgehead atoms. The highest BCUT2D eigenvalue weighted by atomic mass is 35.5. The number of aromatic nitrogens is 1. The monoisotopic (exact) mass is 480 g/mol. The number of anilines is 1. The number of benzene rings is 2. The van der Waals surface area contributed by atoms with Crippen molar-refractivity contribution in [3.05, 3.63) is 70.1 Å². The van der Waals surface area contributed by atoms with Gasteiger partial charge in [-0.2, -0.15) is 0 Å². The molecule has 2 unspecified atom stereocenters. The van der Waals surface area contributed by atoms with Crippen molar-refractivity contribution in [2.45, 2.75) is 13.0 Å². The molecule has 33 heavy (non-hydrogen) atoms. The molecule has 5 rings (SSSR count). The molecule has 2 atom stereocenters. The maximum Gasteiger partial charge on any atom is 0.282 e. The zero-order chi connectivity index (χ0) is 22.9. The summed E-state index contributed by atoms with van der Waals surface area (Å²) in [5, 5.41) is 3.06. The van der Waals surface area contributed by atoms with Gasteiger partial charge in [-0.3, -0.25) is 14.5 Å². The summed E-state index contributed by atoms with van der Waals surface area (Å²) in [4.78, 5) is 36.1. The number of amides is 2. The standard InChI is InChI=1S/C25H25ClN4O2S/c1-17-22(28-10-12-29(13-11-28)25(32)23-27-9-14-33-23)16-30(24(17)31)19-6-4-5-18(15-19)20-7-2-3-8-21(20)26/h2-9,14-15,17,22H,10-13,16H2,1H3. The first kappa shape index (κ1) is 22.1. The van der Waals surface area contributed by atoms with Crippen LogP contribution in [0.2, 0.25) is 5.02 Å². The predicted octanol–water partition coefficient (Wildman–Crippen LogP) is 4.27. The highest BCUT2D eigenvalue weighted by molar-refractivity contribution is 7.11. The van der Waals surface area contributed by atoms with E-state index in [4.69, 9.17) is 11.6 Å². The molecule has 2 aromatic carbocycles. The van der Waals surface area contributed by atoms with Crippen molar-refractivity contribution in [1.29, 1.82) is 0 Å². The predicted molar refractivity (Wildman–Crippen MR) is 132 cm³/mol. The van der Waals surface area contributed by atoms with Crippen LogP contribution in [0.3, 0.4) is 0 Å². The number of piperazine rings is 1. The normalized spacial score (nSPS) is 21.6. The Bertz CT molecular complexity index is 1160. The van der Waals surface area contributed by atoms with E-state index in [1.54, 1.807) is 6.20 Å². The van der Waals surface area contributed by atoms with Gasteiger partial charge < -0.3 is 9.80 Å². The van der Waals surface area contributed by atoms with Crippen molar-refractivity contribution < 1.29 is 9.59 Å². The zero-order valence-corrected chi connectivity index (χ0v) is 19.9. The van der Waals surface area contributed by atoms with Gasteiger partial charge in [0.1, 0.15) is 0 Å². The van der Waals surface area contributed by atoms with Crippen LogP contribution in [0.15, 0.2) is 60.1 Å². The summed E-state index contributed by atoms with van der Waals surface area (Å²) in [5.74, 6) is 0.0333. The number of hydrogen-bond acceptors (Lipinski definition) is 5. The molecule has 170 valence electrons. The topological polar surface area (TPSA) is 56.8 Å². The molecule has 3 aromatic rings. The van der Waals surface area contributed by atoms with Crippen molar-refractivity contribution in [2.75, 3.05) is 37.6 Å². The quantitative estimate of drug-likeness (QED) is 0.559. The van der Waals surface area contributed by atoms with Crippen molar-refractivity contribution in [2.24, 2.45) is 5.92 Å². The molecule has 0 spiro atoms. The summed E-state index contributed by atoms with van der Waals surface area (Å²) in [6.45, 7) is 5.47. The lowest BCUT2D eigenvalue weighted by molar-refractivity contribution is -0.120. The maximum absolute atomic E-state index is 13.2. The molecule has 2 aliphatic heterocycles. The second-order valence-electron chi connectivity index (χ2n) is 8.50. The first-order chi connectivity index (χ1) is 16.0. The van der Waals surface area contributed by atoms with Crippen LogP contribution >= 0.6 is 22.9 Å². The Labute approximate surface area is 202 Å². The summed E-state index contributed by atoms with van der Waals surface area (Å²) in [7, 11) is 0. The first-order valence-electron chi connectivity index (χ1n) is 11.1. The second kappa shape index (κ2) is 9.25. The van der Waals surface area contributed by atoms with Crippen LogP contribution in [0.1, 0.15) is 16.7 Å². The number of carbonyl (C=O) groups is 2. The lowest BCUT2D eigenvalue weighted by atomic mass is 10.0. The van der Waals surface area contributed by atoms with Gasteiger partial charge in [0.2, 0.25) is 5.91 Å². The highest BCUT2D eigenvalue weighted by Gasteiger charge is 2.42. The van der Waals surface area contributed by atoms with E-state index in [-0.39, 0.29) is 23.8 Å². The molecule has 2 saturated heterocycles. The second-order valence-corrected chi connectivity index (χ2v) is 9.80. The Morgan fingerprint density at radius 2 is 1.88 bits per heavy atom. The SMILES string of the molecule is CC1C(=O)N(c2cccc(-c3ccccc3Cl)c2)CC1N1CCN(C(=O)c2nccs2)CC1. The van der Waals surface area contributed by atoms with E-state index in [1.165, 1.54) is 11.3 Å². The fraction of sp³-hybridized carbons (Fsp3) is 0.320. The summed E-state index contributed by atoms with van der Waals surface area (Å²) in [5.41, 5.74) is 2.85. The van der Waals surface area contributed by atoms with Gasteiger partial charge in [0.25, 0.3) is 5.91 Å². The van der Waals surface area contributed by atoms with Crippen LogP contribution in [0, 0.1) is 5.92 Å². The summed E-state index contributed by atoms with van der Waals surface area (Å²) < 4.78 is 0. The number of nitrogens with zero attached hydrogens (tertiary/aromatic N) is 4. The summed E-state index contributed by atoms with van der Waals surface area (Å²) in [6.07, 6.45) is 1.66. The van der Waals surface area contributed by atoms with Gasteiger partial charge in [0, 0.05) is 66.6 Å². The summed E-state index contributed by atoms with van der Waals surface area (Å²) in [6, 6.07) is 15.9. The molecule has 0 aliphatic carbocycles. The minimum absolute atomic E-state index is 0.00166. The van der Waals surface area contributed by atoms with Crippen molar-refractivity contribution >= 4 is 40.4 Å². The molecule has 0 N–H and O–H groups in total. The Kier molecular flexibility index (Phi) is 6.19. The molecule has 2 fully saturated rings. The number of rotatable bonds is 4. The smallest absolute Gasteiger partial charge is 0.282 e. The molecule has 2 amide bonds. The van der Waals surface area contributed by atoms with Gasteiger partial charge in [-0.05, 0) is 23.8 Å². The Morgan fingerprint density at radius 1 is 1.09 bits per heavy atom. The third kappa shape index (κ3) is 4.28. The first-order valence-corrected chi connectivity index (χ1v) is 12.4. The largest absolute Gasteiger partial charge is 0.334 e. The summed E-state index contributed by atoms with van der Waals surface area (Å²) >= 11 is 7.77. The van der Waals surface area contributed by atoms with E-state index < -0.39 is 0 Å². The van der Waals surface area contributed by atoms with Crippen LogP contribution < -0.4 is 4.90 Å². The molecule has 0 radical (unpaired) electrons. The third-order valence-electron chi connectivity index (χ3n) is 6.63. The number of thiazole rings is 1. The van der Waals surface area contributed by atoms with Gasteiger partial charge in [-0.15, -0.1) is 11.3 Å². The number of carbonyl (C=O) groups excluding carboxylic acids is 2. The minimum atomic E-state index is -0.102. The van der Waals surface area contributed by atoms with Gasteiger partial charge in [-0.1, -0.05) is 48.9 Å². The Morgan fingerprint density at radius 3 is 2.61 bits per heavy atom. The maximum atomic E-state index is 13.2. The van der Waals surface area contributed by atoms with E-state index in [0.29, 0.717) is 29.7 Å². The number of hydrogen-bond donors (Lipinski definition) is 0. The van der Waals surface area contributed by atoms with Crippen LogP contribution in [-0.2, 0) is 4.79 Å². The van der Waals surface area contributed by atoms with E-state index in [2.05, 4.69) is 9.88 Å². The fourth-order valence-electron chi connectivity index (χ4n) is 4.77. The molecule has 1 aromatic heterocycles. The average Bonchev–Trinajstić information content (AvgIpc) is 3.48. The molecule has 6 nitrogen and oxygen atoms in total. The Hall–Kier alpha value is -2.74. The van der Waals surface area contributed by atoms with Crippen LogP contribution in [0.25, 0.3) is 11.1 Å². The fourth-order valence-corrected chi connectivity index (χ4v) is 5.61. The van der Waals surface area contributed by atoms with Crippen LogP contribution in [0.4, 0.5) is 5.69 Å². The molecule has 2 aliphatic rings. The Balaban J connectivity index is 1.29. The number of halogens is 1. The van der Waals surface area contributed by atoms with Crippen LogP contribution in [-0.4, -0.2) is 65.4 Å². The molecule has 3 heterocycles. The molecule has 8 heteroatoms. The average molecular weight is 481 g/mol. The lowest BCUT2D eigenvalue weighted by Crippen LogP contribution is -2.53. The third-order valence-corrected chi connectivity index (χ3v) is 7.72. The van der Waals surface area contributed by atoms with Crippen molar-refractivity contribution in [3.8, 4) is 11.1 Å². The van der Waals surface area contributed by atoms with Gasteiger partial charge in [-0.25, -0.2) is 4.98 Å². The highest BCUT2D eigenvalue weighted by Crippen LogP contribution is 2.34. The zero-order valence-electron chi connectivity index (χ0n) is 18.4. The van der Waals surface area contributed by atoms with E-state index in [0.717, 1.165) is 29.9 Å². The van der Waals surface area contributed by atoms with Crippen LogP contribution in [0.5, 0.6) is 0 Å². The van der Waals surface area contributed by atoms with Crippen molar-refractivity contribution in [3.63, 3.8) is 0 Å². The van der Waals surface area contributed by atoms with E-state index in [1.807, 2.05) is 70.6 Å². The van der Waals surface area contributed by atoms with Crippen molar-refractivity contribution in [1.82, 2.24) is 14.8 Å². The molecular weight excluding hydrogens is 456 g/mol. The van der Waals surface area contributed by atoms with Gasteiger partial charge in [0.15, 0.2) is 5.01 Å². The van der Waals surface area contributed by atoms with Gasteiger partial charge in [0.05, 0.1) is 5.92 Å². The molecule has 0 saturated carbocycles. The lowest BCUT2D eigenvalue weighted by Gasteiger charge is -2.38. The van der Waals surface area contributed by atoms with E-state index >= 15 is 0 Å². The minimum Gasteiger partial charge on any atom is -0.334 e. The van der Waals surface area contributed by atoms with Gasteiger partial charge >= 0.3 is 0 Å².